The Morgan fingerprint density at radius 1 is 1.32 bits per heavy atom. The van der Waals surface area contributed by atoms with Gasteiger partial charge in [0.2, 0.25) is 10.0 Å². The van der Waals surface area contributed by atoms with E-state index in [0.29, 0.717) is 17.8 Å². The average Bonchev–Trinajstić information content (AvgIpc) is 2.40. The molecule has 0 spiro atoms. The molecule has 124 valence electrons. The van der Waals surface area contributed by atoms with Crippen LogP contribution in [0, 0.1) is 0 Å². The molecule has 5 nitrogen and oxygen atoms in total. The fraction of sp³-hybridized carbons (Fsp3) is 0.533. The van der Waals surface area contributed by atoms with Crippen molar-refractivity contribution in [2.24, 2.45) is 0 Å². The first kappa shape index (κ1) is 18.8. The highest BCUT2D eigenvalue weighted by Crippen LogP contribution is 2.22. The van der Waals surface area contributed by atoms with Gasteiger partial charge in [-0.05, 0) is 18.2 Å². The molecule has 1 rings (SSSR count). The zero-order valence-electron chi connectivity index (χ0n) is 13.7. The van der Waals surface area contributed by atoms with E-state index in [0.717, 1.165) is 16.3 Å². The number of hydrogen-bond donors (Lipinski definition) is 1. The first-order valence-electron chi connectivity index (χ1n) is 6.97. The number of nitrogens with one attached hydrogen (secondary N) is 1. The molecule has 1 aromatic rings. The lowest BCUT2D eigenvalue weighted by molar-refractivity contribution is 0.0956. The van der Waals surface area contributed by atoms with Crippen LogP contribution in [0.25, 0.3) is 0 Å². The molecular formula is C15H24N2O3S2. The van der Waals surface area contributed by atoms with Gasteiger partial charge in [-0.2, -0.15) is 11.8 Å². The third-order valence-electron chi connectivity index (χ3n) is 2.89. The molecule has 0 atom stereocenters. The highest BCUT2D eigenvalue weighted by molar-refractivity contribution is 8.00. The zero-order chi connectivity index (χ0) is 17.0. The normalized spacial score (nSPS) is 12.0. The van der Waals surface area contributed by atoms with Crippen molar-refractivity contribution in [3.8, 4) is 0 Å². The lowest BCUT2D eigenvalue weighted by atomic mass is 10.2. The van der Waals surface area contributed by atoms with E-state index in [1.54, 1.807) is 36.0 Å². The number of sulfonamides is 1. The molecule has 0 aromatic heterocycles. The number of thioether (sulfide) groups is 1. The van der Waals surface area contributed by atoms with E-state index in [-0.39, 0.29) is 10.7 Å². The van der Waals surface area contributed by atoms with Gasteiger partial charge in [0.25, 0.3) is 5.91 Å². The summed E-state index contributed by atoms with van der Waals surface area (Å²) in [5.74, 6) is 0.635. The topological polar surface area (TPSA) is 66.5 Å². The number of rotatable bonds is 6. The summed E-state index contributed by atoms with van der Waals surface area (Å²) in [5, 5.41) is 2.85. The van der Waals surface area contributed by atoms with Crippen molar-refractivity contribution in [1.82, 2.24) is 5.32 Å². The maximum absolute atomic E-state index is 12.1. The number of carbonyl (C=O) groups is 1. The molecule has 22 heavy (non-hydrogen) atoms. The maximum atomic E-state index is 12.1. The van der Waals surface area contributed by atoms with E-state index in [1.807, 2.05) is 0 Å². The van der Waals surface area contributed by atoms with Gasteiger partial charge in [-0.15, -0.1) is 0 Å². The summed E-state index contributed by atoms with van der Waals surface area (Å²) < 4.78 is 24.4. The molecule has 0 radical (unpaired) electrons. The second kappa shape index (κ2) is 7.37. The first-order valence-corrected chi connectivity index (χ1v) is 9.80. The second-order valence-electron chi connectivity index (χ2n) is 6.00. The van der Waals surface area contributed by atoms with Crippen LogP contribution >= 0.6 is 11.8 Å². The van der Waals surface area contributed by atoms with Crippen molar-refractivity contribution in [3.05, 3.63) is 29.8 Å². The number of amides is 1. The molecule has 1 N–H and O–H groups in total. The minimum atomic E-state index is -3.34. The van der Waals surface area contributed by atoms with Crippen LogP contribution in [0.1, 0.15) is 31.1 Å². The molecule has 0 fully saturated rings. The molecule has 0 aliphatic heterocycles. The van der Waals surface area contributed by atoms with E-state index >= 15 is 0 Å². The molecule has 0 aliphatic rings. The lowest BCUT2D eigenvalue weighted by Gasteiger charge is -2.18. The molecule has 0 heterocycles. The predicted molar refractivity (Wildman–Crippen MR) is 94.2 cm³/mol. The van der Waals surface area contributed by atoms with Crippen LogP contribution in [0.2, 0.25) is 0 Å². The standard InChI is InChI=1S/C15H24N2O3S2/c1-15(2,3)21-10-9-16-14(18)12-7-6-8-13(11-12)17(4)22(5,19)20/h6-8,11H,9-10H2,1-5H3,(H,16,18). The van der Waals surface area contributed by atoms with E-state index in [9.17, 15) is 13.2 Å². The average molecular weight is 345 g/mol. The Balaban J connectivity index is 2.67. The minimum Gasteiger partial charge on any atom is -0.351 e. The molecule has 0 saturated heterocycles. The van der Waals surface area contributed by atoms with Gasteiger partial charge in [-0.1, -0.05) is 26.8 Å². The lowest BCUT2D eigenvalue weighted by Crippen LogP contribution is -2.28. The van der Waals surface area contributed by atoms with E-state index in [4.69, 9.17) is 0 Å². The summed E-state index contributed by atoms with van der Waals surface area (Å²) in [5.41, 5.74) is 0.924. The van der Waals surface area contributed by atoms with Gasteiger partial charge in [-0.3, -0.25) is 9.10 Å². The number of benzene rings is 1. The second-order valence-corrected chi connectivity index (χ2v) is 9.93. The Kier molecular flexibility index (Phi) is 6.31. The highest BCUT2D eigenvalue weighted by atomic mass is 32.2. The van der Waals surface area contributed by atoms with Crippen molar-refractivity contribution in [2.75, 3.05) is 29.9 Å². The predicted octanol–water partition coefficient (Wildman–Crippen LogP) is 2.34. The Bertz CT molecular complexity index is 622. The monoisotopic (exact) mass is 344 g/mol. The van der Waals surface area contributed by atoms with Crippen LogP contribution in [-0.2, 0) is 10.0 Å². The summed E-state index contributed by atoms with van der Waals surface area (Å²) in [6.07, 6.45) is 1.13. The SMILES string of the molecule is CN(c1cccc(C(=O)NCCSC(C)(C)C)c1)S(C)(=O)=O. The number of carbonyl (C=O) groups excluding carboxylic acids is 1. The van der Waals surface area contributed by atoms with Crippen molar-refractivity contribution in [3.63, 3.8) is 0 Å². The van der Waals surface area contributed by atoms with Crippen molar-refractivity contribution < 1.29 is 13.2 Å². The molecule has 0 aliphatic carbocycles. The molecular weight excluding hydrogens is 320 g/mol. The number of nitrogens with zero attached hydrogens (tertiary/aromatic N) is 1. The van der Waals surface area contributed by atoms with Crippen molar-refractivity contribution >= 4 is 33.4 Å². The summed E-state index contributed by atoms with van der Waals surface area (Å²) in [4.78, 5) is 12.1. The van der Waals surface area contributed by atoms with E-state index < -0.39 is 10.0 Å². The summed E-state index contributed by atoms with van der Waals surface area (Å²) >= 11 is 1.78. The quantitative estimate of drug-likeness (QED) is 0.805. The number of anilines is 1. The van der Waals surface area contributed by atoms with Crippen LogP contribution in [0.3, 0.4) is 0 Å². The molecule has 1 aromatic carbocycles. The molecule has 1 amide bonds. The third-order valence-corrected chi connectivity index (χ3v) is 5.37. The van der Waals surface area contributed by atoms with Gasteiger partial charge in [0.1, 0.15) is 0 Å². The van der Waals surface area contributed by atoms with Gasteiger partial charge < -0.3 is 5.32 Å². The molecule has 0 saturated carbocycles. The largest absolute Gasteiger partial charge is 0.351 e. The Morgan fingerprint density at radius 3 is 2.50 bits per heavy atom. The van der Waals surface area contributed by atoms with Crippen LogP contribution in [0.5, 0.6) is 0 Å². The number of hydrogen-bond acceptors (Lipinski definition) is 4. The Morgan fingerprint density at radius 2 is 1.95 bits per heavy atom. The van der Waals surface area contributed by atoms with Gasteiger partial charge in [0, 0.05) is 29.7 Å². The van der Waals surface area contributed by atoms with Crippen LogP contribution < -0.4 is 9.62 Å². The third kappa shape index (κ3) is 6.27. The van der Waals surface area contributed by atoms with Crippen molar-refractivity contribution in [2.45, 2.75) is 25.5 Å². The van der Waals surface area contributed by atoms with E-state index in [2.05, 4.69) is 26.1 Å². The Hall–Kier alpha value is -1.21. The fourth-order valence-electron chi connectivity index (χ4n) is 1.66. The van der Waals surface area contributed by atoms with Gasteiger partial charge in [0.05, 0.1) is 11.9 Å². The van der Waals surface area contributed by atoms with Crippen molar-refractivity contribution in [1.29, 1.82) is 0 Å². The first-order chi connectivity index (χ1) is 10.0. The zero-order valence-corrected chi connectivity index (χ0v) is 15.3. The summed E-state index contributed by atoms with van der Waals surface area (Å²) in [6, 6.07) is 6.59. The Labute approximate surface area is 137 Å². The smallest absolute Gasteiger partial charge is 0.251 e. The summed E-state index contributed by atoms with van der Waals surface area (Å²) in [7, 11) is -1.87. The molecule has 0 unspecified atom stereocenters. The van der Waals surface area contributed by atoms with Gasteiger partial charge >= 0.3 is 0 Å². The van der Waals surface area contributed by atoms with Gasteiger partial charge in [0.15, 0.2) is 0 Å². The highest BCUT2D eigenvalue weighted by Gasteiger charge is 2.14. The molecule has 7 heteroatoms. The van der Waals surface area contributed by atoms with Gasteiger partial charge in [-0.25, -0.2) is 8.42 Å². The summed E-state index contributed by atoms with van der Waals surface area (Å²) in [6.45, 7) is 6.96. The molecule has 0 bridgehead atoms. The van der Waals surface area contributed by atoms with Crippen LogP contribution in [-0.4, -0.2) is 44.7 Å². The fourth-order valence-corrected chi connectivity index (χ4v) is 2.97. The van der Waals surface area contributed by atoms with Crippen LogP contribution in [0.15, 0.2) is 24.3 Å². The minimum absolute atomic E-state index is 0.169. The van der Waals surface area contributed by atoms with Crippen LogP contribution in [0.4, 0.5) is 5.69 Å². The maximum Gasteiger partial charge on any atom is 0.251 e. The van der Waals surface area contributed by atoms with E-state index in [1.165, 1.54) is 7.05 Å².